The molecule has 0 spiro atoms. The maximum Gasteiger partial charge on any atom is 0.315 e. The molecular formula is C26H40N4O5. The Bertz CT molecular complexity index is 1000. The van der Waals surface area contributed by atoms with Crippen LogP contribution in [0, 0.1) is 18.3 Å². The molecular weight excluding hydrogens is 448 g/mol. The number of urea groups is 1. The molecule has 3 amide bonds. The molecule has 0 bridgehead atoms. The Labute approximate surface area is 207 Å². The van der Waals surface area contributed by atoms with E-state index in [0.717, 1.165) is 44.8 Å². The van der Waals surface area contributed by atoms with E-state index in [-0.39, 0.29) is 23.3 Å². The summed E-state index contributed by atoms with van der Waals surface area (Å²) in [7, 11) is 1.74. The number of rotatable bonds is 8. The lowest BCUT2D eigenvalue weighted by molar-refractivity contribution is -0.137. The number of likely N-dealkylation sites (tertiary alicyclic amines) is 1. The van der Waals surface area contributed by atoms with Gasteiger partial charge in [-0.15, -0.1) is 0 Å². The highest BCUT2D eigenvalue weighted by Gasteiger charge is 2.39. The molecule has 2 N–H and O–H groups in total. The zero-order valence-electron chi connectivity index (χ0n) is 21.7. The summed E-state index contributed by atoms with van der Waals surface area (Å²) in [6.45, 7) is 8.47. The Morgan fingerprint density at radius 3 is 2.29 bits per heavy atom. The third kappa shape index (κ3) is 5.93. The van der Waals surface area contributed by atoms with Gasteiger partial charge < -0.3 is 25.2 Å². The molecule has 2 fully saturated rings. The maximum absolute atomic E-state index is 13.5. The van der Waals surface area contributed by atoms with Crippen LogP contribution in [0.2, 0.25) is 0 Å². The monoisotopic (exact) mass is 488 g/mol. The molecule has 1 aliphatic heterocycles. The van der Waals surface area contributed by atoms with Crippen LogP contribution in [0.3, 0.4) is 0 Å². The van der Waals surface area contributed by atoms with E-state index < -0.39 is 29.0 Å². The number of nitrogens with one attached hydrogen (secondary N) is 2. The number of hydrogen-bond donors (Lipinski definition) is 2. The summed E-state index contributed by atoms with van der Waals surface area (Å²) in [4.78, 5) is 65.2. The first-order chi connectivity index (χ1) is 16.5. The molecule has 2 aliphatic rings. The maximum atomic E-state index is 13.5. The number of hydrogen-bond acceptors (Lipinski definition) is 6. The lowest BCUT2D eigenvalue weighted by Gasteiger charge is -2.37. The highest BCUT2D eigenvalue weighted by Crippen LogP contribution is 2.29. The molecule has 1 aromatic carbocycles. The van der Waals surface area contributed by atoms with E-state index in [1.807, 2.05) is 20.8 Å². The third-order valence-electron chi connectivity index (χ3n) is 7.72. The van der Waals surface area contributed by atoms with Gasteiger partial charge in [0.1, 0.15) is 12.3 Å². The van der Waals surface area contributed by atoms with Crippen LogP contribution < -0.4 is 26.4 Å². The number of carbonyl (C=O) groups excluding carboxylic acids is 3. The molecule has 9 heteroatoms. The molecule has 1 aliphatic carbocycles. The Morgan fingerprint density at radius 1 is 1.06 bits per heavy atom. The average Bonchev–Trinajstić information content (AvgIpc) is 3.30. The van der Waals surface area contributed by atoms with Gasteiger partial charge in [-0.05, 0) is 43.9 Å². The molecule has 1 aromatic rings. The van der Waals surface area contributed by atoms with Crippen molar-refractivity contribution in [3.8, 4) is 0 Å². The predicted octanol–water partition coefficient (Wildman–Crippen LogP) is 1.88. The lowest BCUT2D eigenvalue weighted by atomic mass is 9.83. The van der Waals surface area contributed by atoms with E-state index in [9.17, 15) is 24.0 Å². The van der Waals surface area contributed by atoms with Crippen LogP contribution in [-0.4, -0.2) is 61.4 Å². The molecule has 1 saturated carbocycles. The molecule has 0 radical (unpaired) electrons. The largest absolute Gasteiger partial charge is 0.369 e. The summed E-state index contributed by atoms with van der Waals surface area (Å²) in [5.74, 6) is -0.137. The summed E-state index contributed by atoms with van der Waals surface area (Å²) in [5, 5.41) is 5.98. The molecule has 9 nitrogen and oxygen atoms in total. The smallest absolute Gasteiger partial charge is 0.315 e. The Kier molecular flexibility index (Phi) is 8.38. The van der Waals surface area contributed by atoms with Crippen LogP contribution in [0.4, 0.5) is 10.5 Å². The minimum absolute atomic E-state index is 0.0390. The highest BCUT2D eigenvalue weighted by molar-refractivity contribution is 5.89. The van der Waals surface area contributed by atoms with Gasteiger partial charge in [-0.1, -0.05) is 40.0 Å². The van der Waals surface area contributed by atoms with Crippen molar-refractivity contribution in [2.45, 2.75) is 90.8 Å². The summed E-state index contributed by atoms with van der Waals surface area (Å²) in [6.07, 6.45) is 7.17. The molecule has 3 unspecified atom stereocenters. The standard InChI is InChI=1S/C26H40N4O5/c1-16-21(23(33)22(16)32)29(5)14-19(26(2,3)4)27-25(35)28-20(17-10-7-6-8-11-17)24(34)30-13-9-12-18(30)15-31/h15,17-20H,6-14H2,1-5H3,(H2,27,28,35). The van der Waals surface area contributed by atoms with Crippen molar-refractivity contribution in [1.29, 1.82) is 0 Å². The Morgan fingerprint density at radius 2 is 1.71 bits per heavy atom. The van der Waals surface area contributed by atoms with E-state index in [1.165, 1.54) is 0 Å². The number of aldehydes is 1. The quantitative estimate of drug-likeness (QED) is 0.426. The summed E-state index contributed by atoms with van der Waals surface area (Å²) >= 11 is 0. The van der Waals surface area contributed by atoms with Crippen molar-refractivity contribution in [1.82, 2.24) is 15.5 Å². The Balaban J connectivity index is 1.74. The van der Waals surface area contributed by atoms with Gasteiger partial charge in [0.25, 0.3) is 0 Å². The van der Waals surface area contributed by atoms with E-state index in [4.69, 9.17) is 0 Å². The molecule has 35 heavy (non-hydrogen) atoms. The second-order valence-electron chi connectivity index (χ2n) is 11.3. The Hall–Kier alpha value is -2.71. The second kappa shape index (κ2) is 10.9. The molecule has 3 rings (SSSR count). The van der Waals surface area contributed by atoms with Gasteiger partial charge in [-0.25, -0.2) is 4.79 Å². The molecule has 3 atom stereocenters. The number of likely N-dealkylation sites (N-methyl/N-ethyl adjacent to an activating group) is 1. The SMILES string of the molecule is Cc1c(N(C)CC(NC(=O)NC(C(=O)N2CCCC2C=O)C2CCCCC2)C(C)(C)C)c(=O)c1=O. The van der Waals surface area contributed by atoms with Crippen LogP contribution in [0.5, 0.6) is 0 Å². The summed E-state index contributed by atoms with van der Waals surface area (Å²) < 4.78 is 0. The molecule has 0 aromatic heterocycles. The van der Waals surface area contributed by atoms with Gasteiger partial charge in [-0.3, -0.25) is 14.4 Å². The number of anilines is 1. The number of carbonyl (C=O) groups is 3. The minimum Gasteiger partial charge on any atom is -0.369 e. The number of amides is 3. The van der Waals surface area contributed by atoms with Crippen molar-refractivity contribution in [2.24, 2.45) is 11.3 Å². The van der Waals surface area contributed by atoms with Crippen LogP contribution in [0.25, 0.3) is 0 Å². The van der Waals surface area contributed by atoms with Crippen molar-refractivity contribution in [3.05, 3.63) is 26.0 Å². The van der Waals surface area contributed by atoms with Crippen LogP contribution in [0.1, 0.15) is 71.3 Å². The first-order valence-electron chi connectivity index (χ1n) is 12.8. The van der Waals surface area contributed by atoms with E-state index in [0.29, 0.717) is 30.8 Å². The molecule has 1 heterocycles. The topological polar surface area (TPSA) is 116 Å². The van der Waals surface area contributed by atoms with E-state index in [2.05, 4.69) is 10.6 Å². The summed E-state index contributed by atoms with van der Waals surface area (Å²) in [6, 6.07) is -1.89. The lowest BCUT2D eigenvalue weighted by Crippen LogP contribution is -2.59. The normalized spacial score (nSPS) is 20.9. The van der Waals surface area contributed by atoms with E-state index in [1.54, 1.807) is 23.8 Å². The highest BCUT2D eigenvalue weighted by atomic mass is 16.2. The zero-order chi connectivity index (χ0) is 25.9. The van der Waals surface area contributed by atoms with Gasteiger partial charge in [0.15, 0.2) is 0 Å². The van der Waals surface area contributed by atoms with Gasteiger partial charge in [0.05, 0.1) is 17.8 Å². The van der Waals surface area contributed by atoms with Crippen LogP contribution >= 0.6 is 0 Å². The van der Waals surface area contributed by atoms with Crippen LogP contribution in [-0.2, 0) is 9.59 Å². The molecule has 1 saturated heterocycles. The zero-order valence-corrected chi connectivity index (χ0v) is 21.7. The van der Waals surface area contributed by atoms with Gasteiger partial charge >= 0.3 is 6.03 Å². The average molecular weight is 489 g/mol. The van der Waals surface area contributed by atoms with Crippen LogP contribution in [0.15, 0.2) is 9.59 Å². The van der Waals surface area contributed by atoms with Crippen molar-refractivity contribution >= 4 is 23.9 Å². The van der Waals surface area contributed by atoms with Crippen molar-refractivity contribution < 1.29 is 14.4 Å². The first-order valence-corrected chi connectivity index (χ1v) is 12.8. The van der Waals surface area contributed by atoms with Gasteiger partial charge in [-0.2, -0.15) is 0 Å². The third-order valence-corrected chi connectivity index (χ3v) is 7.72. The van der Waals surface area contributed by atoms with Crippen molar-refractivity contribution in [3.63, 3.8) is 0 Å². The fourth-order valence-corrected chi connectivity index (χ4v) is 5.43. The van der Waals surface area contributed by atoms with Gasteiger partial charge in [0.2, 0.25) is 16.8 Å². The second-order valence-corrected chi connectivity index (χ2v) is 11.3. The van der Waals surface area contributed by atoms with Gasteiger partial charge in [0, 0.05) is 25.7 Å². The summed E-state index contributed by atoms with van der Waals surface area (Å²) in [5.41, 5.74) is -0.489. The minimum atomic E-state index is -0.676. The van der Waals surface area contributed by atoms with E-state index >= 15 is 0 Å². The number of nitrogens with zero attached hydrogens (tertiary/aromatic N) is 2. The fraction of sp³-hybridized carbons (Fsp3) is 0.731. The first kappa shape index (κ1) is 26.9. The molecule has 194 valence electrons. The predicted molar refractivity (Wildman–Crippen MR) is 135 cm³/mol. The van der Waals surface area contributed by atoms with Crippen molar-refractivity contribution in [2.75, 3.05) is 25.0 Å². The fourth-order valence-electron chi connectivity index (χ4n) is 5.43.